The van der Waals surface area contributed by atoms with Crippen LogP contribution in [0.2, 0.25) is 0 Å². The molecular formula is C16H20Br2O3. The molecular weight excluding hydrogens is 400 g/mol. The van der Waals surface area contributed by atoms with Crippen molar-refractivity contribution in [1.29, 1.82) is 0 Å². The predicted molar refractivity (Wildman–Crippen MR) is 89.6 cm³/mol. The molecule has 0 N–H and O–H groups in total. The molecule has 1 saturated carbocycles. The van der Waals surface area contributed by atoms with E-state index in [1.165, 1.54) is 32.8 Å². The summed E-state index contributed by atoms with van der Waals surface area (Å²) < 4.78 is 12.5. The zero-order valence-electron chi connectivity index (χ0n) is 12.2. The zero-order chi connectivity index (χ0) is 15.2. The van der Waals surface area contributed by atoms with E-state index >= 15 is 0 Å². The van der Waals surface area contributed by atoms with E-state index in [0.29, 0.717) is 18.8 Å². The number of halogens is 2. The number of hydrogen-bond acceptors (Lipinski definition) is 3. The summed E-state index contributed by atoms with van der Waals surface area (Å²) in [5, 5.41) is 0. The fourth-order valence-corrected chi connectivity index (χ4v) is 4.13. The topological polar surface area (TPSA) is 35.5 Å². The Hall–Kier alpha value is -0.550. The Morgan fingerprint density at radius 2 is 1.86 bits per heavy atom. The van der Waals surface area contributed by atoms with Crippen molar-refractivity contribution in [1.82, 2.24) is 0 Å². The number of aryl methyl sites for hydroxylation is 1. The zero-order valence-corrected chi connectivity index (χ0v) is 15.3. The molecule has 2 rings (SSSR count). The molecule has 1 aliphatic carbocycles. The van der Waals surface area contributed by atoms with Crippen molar-refractivity contribution < 1.29 is 14.3 Å². The summed E-state index contributed by atoms with van der Waals surface area (Å²) in [6.07, 6.45) is 6.23. The van der Waals surface area contributed by atoms with Crippen LogP contribution in [0.15, 0.2) is 21.1 Å². The molecule has 0 atom stereocenters. The third kappa shape index (κ3) is 4.99. The van der Waals surface area contributed by atoms with Gasteiger partial charge in [-0.3, -0.25) is 4.79 Å². The van der Waals surface area contributed by atoms with Crippen LogP contribution in [0, 0.1) is 5.92 Å². The number of esters is 1. The molecule has 0 bridgehead atoms. The van der Waals surface area contributed by atoms with Gasteiger partial charge < -0.3 is 9.47 Å². The second-order valence-corrected chi connectivity index (χ2v) is 7.13. The van der Waals surface area contributed by atoms with Crippen molar-refractivity contribution in [3.8, 4) is 5.75 Å². The third-order valence-corrected chi connectivity index (χ3v) is 5.02. The molecule has 0 amide bonds. The number of carbonyl (C=O) groups is 1. The van der Waals surface area contributed by atoms with Gasteiger partial charge in [-0.05, 0) is 74.7 Å². The van der Waals surface area contributed by atoms with Gasteiger partial charge in [-0.1, -0.05) is 12.8 Å². The lowest BCUT2D eigenvalue weighted by molar-refractivity contribution is -0.140. The van der Waals surface area contributed by atoms with Crippen molar-refractivity contribution >= 4 is 37.8 Å². The fourth-order valence-electron chi connectivity index (χ4n) is 2.62. The minimum Gasteiger partial charge on any atom is -0.491 e. The summed E-state index contributed by atoms with van der Waals surface area (Å²) in [7, 11) is 1.41. The number of ether oxygens (including phenoxy) is 2. The van der Waals surface area contributed by atoms with Gasteiger partial charge in [-0.15, -0.1) is 0 Å². The van der Waals surface area contributed by atoms with Crippen LogP contribution in [0.25, 0.3) is 0 Å². The number of carbonyl (C=O) groups excluding carboxylic acids is 1. The van der Waals surface area contributed by atoms with Crippen LogP contribution >= 0.6 is 31.9 Å². The predicted octanol–water partition coefficient (Wildman–Crippen LogP) is 4.89. The monoisotopic (exact) mass is 418 g/mol. The van der Waals surface area contributed by atoms with Crippen LogP contribution in [0.5, 0.6) is 5.75 Å². The van der Waals surface area contributed by atoms with Gasteiger partial charge in [0.15, 0.2) is 0 Å². The number of benzene rings is 1. The average molecular weight is 420 g/mol. The minimum absolute atomic E-state index is 0.191. The van der Waals surface area contributed by atoms with E-state index in [4.69, 9.17) is 4.74 Å². The molecule has 0 radical (unpaired) electrons. The second-order valence-electron chi connectivity index (χ2n) is 5.43. The summed E-state index contributed by atoms with van der Waals surface area (Å²) >= 11 is 7.12. The Balaban J connectivity index is 1.97. The van der Waals surface area contributed by atoms with E-state index in [1.54, 1.807) is 0 Å². The SMILES string of the molecule is COC(=O)CCc1cc(Br)c(OCC2CCCC2)c(Br)c1. The van der Waals surface area contributed by atoms with Gasteiger partial charge in [0, 0.05) is 6.42 Å². The molecule has 0 saturated heterocycles. The summed E-state index contributed by atoms with van der Waals surface area (Å²) in [6.45, 7) is 0.776. The number of hydrogen-bond donors (Lipinski definition) is 0. The lowest BCUT2D eigenvalue weighted by atomic mass is 10.1. The lowest BCUT2D eigenvalue weighted by Crippen LogP contribution is -2.09. The van der Waals surface area contributed by atoms with Crippen LogP contribution in [0.3, 0.4) is 0 Å². The van der Waals surface area contributed by atoms with Gasteiger partial charge in [0.25, 0.3) is 0 Å². The van der Waals surface area contributed by atoms with Crippen LogP contribution < -0.4 is 4.74 Å². The van der Waals surface area contributed by atoms with Crippen LogP contribution in [0.1, 0.15) is 37.7 Å². The first-order chi connectivity index (χ1) is 10.1. The van der Waals surface area contributed by atoms with Crippen molar-refractivity contribution in [2.75, 3.05) is 13.7 Å². The van der Waals surface area contributed by atoms with Crippen molar-refractivity contribution in [2.45, 2.75) is 38.5 Å². The maximum atomic E-state index is 11.2. The highest BCUT2D eigenvalue weighted by molar-refractivity contribution is 9.11. The Morgan fingerprint density at radius 3 is 2.43 bits per heavy atom. The first-order valence-electron chi connectivity index (χ1n) is 7.27. The average Bonchev–Trinajstić information content (AvgIpc) is 2.97. The van der Waals surface area contributed by atoms with E-state index in [0.717, 1.165) is 26.9 Å². The summed E-state index contributed by atoms with van der Waals surface area (Å²) in [5.74, 6) is 1.34. The molecule has 0 aromatic heterocycles. The van der Waals surface area contributed by atoms with Crippen LogP contribution in [-0.2, 0) is 16.0 Å². The number of methoxy groups -OCH3 is 1. The van der Waals surface area contributed by atoms with Crippen molar-refractivity contribution in [3.63, 3.8) is 0 Å². The molecule has 0 heterocycles. The maximum Gasteiger partial charge on any atom is 0.305 e. The third-order valence-electron chi connectivity index (χ3n) is 3.84. The molecule has 1 aliphatic rings. The lowest BCUT2D eigenvalue weighted by Gasteiger charge is -2.15. The highest BCUT2D eigenvalue weighted by Crippen LogP contribution is 2.36. The first kappa shape index (κ1) is 16.8. The molecule has 21 heavy (non-hydrogen) atoms. The molecule has 1 aromatic carbocycles. The Morgan fingerprint density at radius 1 is 1.24 bits per heavy atom. The molecule has 3 nitrogen and oxygen atoms in total. The molecule has 0 unspecified atom stereocenters. The summed E-state index contributed by atoms with van der Waals surface area (Å²) in [5.41, 5.74) is 1.08. The smallest absolute Gasteiger partial charge is 0.305 e. The molecule has 1 aromatic rings. The summed E-state index contributed by atoms with van der Waals surface area (Å²) in [4.78, 5) is 11.2. The van der Waals surface area contributed by atoms with Gasteiger partial charge in [0.05, 0.1) is 22.7 Å². The Kier molecular flexibility index (Phi) is 6.55. The Bertz CT molecular complexity index is 473. The van der Waals surface area contributed by atoms with Gasteiger partial charge in [0.2, 0.25) is 0 Å². The van der Waals surface area contributed by atoms with E-state index in [9.17, 15) is 4.79 Å². The normalized spacial score (nSPS) is 15.2. The van der Waals surface area contributed by atoms with Gasteiger partial charge in [0.1, 0.15) is 5.75 Å². The quantitative estimate of drug-likeness (QED) is 0.616. The molecule has 1 fully saturated rings. The second kappa shape index (κ2) is 8.18. The molecule has 0 spiro atoms. The van der Waals surface area contributed by atoms with E-state index in [2.05, 4.69) is 36.6 Å². The maximum absolute atomic E-state index is 11.2. The van der Waals surface area contributed by atoms with Crippen molar-refractivity contribution in [3.05, 3.63) is 26.6 Å². The van der Waals surface area contributed by atoms with E-state index < -0.39 is 0 Å². The fraction of sp³-hybridized carbons (Fsp3) is 0.562. The van der Waals surface area contributed by atoms with Gasteiger partial charge in [-0.2, -0.15) is 0 Å². The minimum atomic E-state index is -0.191. The van der Waals surface area contributed by atoms with Gasteiger partial charge >= 0.3 is 5.97 Å². The van der Waals surface area contributed by atoms with E-state index in [-0.39, 0.29) is 5.97 Å². The molecule has 116 valence electrons. The standard InChI is InChI=1S/C16H20Br2O3/c1-20-15(19)7-6-12-8-13(17)16(14(18)9-12)21-10-11-4-2-3-5-11/h8-9,11H,2-7,10H2,1H3. The first-order valence-corrected chi connectivity index (χ1v) is 8.86. The Labute approximate surface area is 142 Å². The van der Waals surface area contributed by atoms with Crippen LogP contribution in [-0.4, -0.2) is 19.7 Å². The molecule has 0 aliphatic heterocycles. The molecule has 5 heteroatoms. The number of rotatable bonds is 6. The van der Waals surface area contributed by atoms with Crippen molar-refractivity contribution in [2.24, 2.45) is 5.92 Å². The van der Waals surface area contributed by atoms with E-state index in [1.807, 2.05) is 12.1 Å². The highest BCUT2D eigenvalue weighted by Gasteiger charge is 2.17. The van der Waals surface area contributed by atoms with Crippen LogP contribution in [0.4, 0.5) is 0 Å². The highest BCUT2D eigenvalue weighted by atomic mass is 79.9. The largest absolute Gasteiger partial charge is 0.491 e. The van der Waals surface area contributed by atoms with Gasteiger partial charge in [-0.25, -0.2) is 0 Å². The summed E-state index contributed by atoms with van der Waals surface area (Å²) in [6, 6.07) is 4.02.